The van der Waals surface area contributed by atoms with E-state index in [4.69, 9.17) is 22.3 Å². The third-order valence-electron chi connectivity index (χ3n) is 2.62. The second-order valence-corrected chi connectivity index (χ2v) is 7.26. The molecule has 0 aromatic carbocycles. The Hall–Kier alpha value is -0.990. The Balaban J connectivity index is 2.23. The van der Waals surface area contributed by atoms with Crippen molar-refractivity contribution in [3.63, 3.8) is 0 Å². The summed E-state index contributed by atoms with van der Waals surface area (Å²) in [5.41, 5.74) is 0. The Labute approximate surface area is 118 Å². The maximum atomic E-state index is 13.7. The van der Waals surface area contributed by atoms with E-state index >= 15 is 0 Å². The van der Waals surface area contributed by atoms with Crippen LogP contribution < -0.4 is 4.90 Å². The number of hydrogen-bond acceptors (Lipinski definition) is 5. The zero-order valence-electron chi connectivity index (χ0n) is 9.38. The van der Waals surface area contributed by atoms with E-state index in [9.17, 15) is 17.6 Å². The molecule has 10 heteroatoms. The molecule has 0 radical (unpaired) electrons. The quantitative estimate of drug-likeness (QED) is 0.615. The molecule has 1 saturated heterocycles. The van der Waals surface area contributed by atoms with E-state index in [0.717, 1.165) is 11.2 Å². The summed E-state index contributed by atoms with van der Waals surface area (Å²) in [6.45, 7) is 0.0229. The number of carbonyl (C=O) groups excluding carboxylic acids is 1. The highest BCUT2D eigenvalue weighted by Gasteiger charge is 2.35. The third kappa shape index (κ3) is 3.31. The first-order valence-corrected chi connectivity index (χ1v) is 8.02. The first-order chi connectivity index (χ1) is 8.78. The molecule has 104 valence electrons. The van der Waals surface area contributed by atoms with Crippen LogP contribution in [0, 0.1) is 11.7 Å². The SMILES string of the molecule is O=C1CC(CS(=O)(=O)Cl)CN1c1ncnc(Cl)c1F. The van der Waals surface area contributed by atoms with E-state index in [1.807, 2.05) is 0 Å². The van der Waals surface area contributed by atoms with E-state index < -0.39 is 31.8 Å². The molecule has 0 N–H and O–H groups in total. The van der Waals surface area contributed by atoms with Crippen molar-refractivity contribution in [2.75, 3.05) is 17.2 Å². The predicted molar refractivity (Wildman–Crippen MR) is 67.1 cm³/mol. The van der Waals surface area contributed by atoms with Crippen LogP contribution in [-0.2, 0) is 13.8 Å². The highest BCUT2D eigenvalue weighted by atomic mass is 35.7. The molecule has 1 fully saturated rings. The highest BCUT2D eigenvalue weighted by molar-refractivity contribution is 8.13. The fourth-order valence-electron chi connectivity index (χ4n) is 1.91. The van der Waals surface area contributed by atoms with Crippen molar-refractivity contribution in [2.24, 2.45) is 5.92 Å². The zero-order valence-corrected chi connectivity index (χ0v) is 11.7. The molecular weight excluding hydrogens is 320 g/mol. The Morgan fingerprint density at radius 2 is 2.16 bits per heavy atom. The predicted octanol–water partition coefficient (Wildman–Crippen LogP) is 1.19. The van der Waals surface area contributed by atoms with Gasteiger partial charge in [0.05, 0.1) is 5.75 Å². The van der Waals surface area contributed by atoms with E-state index in [1.165, 1.54) is 0 Å². The van der Waals surface area contributed by atoms with Crippen LogP contribution in [0.5, 0.6) is 0 Å². The van der Waals surface area contributed by atoms with Crippen molar-refractivity contribution >= 4 is 43.1 Å². The van der Waals surface area contributed by atoms with E-state index in [2.05, 4.69) is 9.97 Å². The van der Waals surface area contributed by atoms with Crippen LogP contribution in [-0.4, -0.2) is 36.6 Å². The molecule has 1 aromatic heterocycles. The molecule has 2 rings (SSSR count). The van der Waals surface area contributed by atoms with Crippen LogP contribution >= 0.6 is 22.3 Å². The summed E-state index contributed by atoms with van der Waals surface area (Å²) < 4.78 is 35.6. The second-order valence-electron chi connectivity index (χ2n) is 4.08. The average molecular weight is 328 g/mol. The fourth-order valence-corrected chi connectivity index (χ4v) is 3.36. The molecule has 0 bridgehead atoms. The molecule has 2 heterocycles. The second kappa shape index (κ2) is 5.18. The van der Waals surface area contributed by atoms with Gasteiger partial charge in [0.25, 0.3) is 0 Å². The topological polar surface area (TPSA) is 80.2 Å². The third-order valence-corrected chi connectivity index (χ3v) is 4.14. The molecule has 6 nitrogen and oxygen atoms in total. The van der Waals surface area contributed by atoms with E-state index in [-0.39, 0.29) is 24.5 Å². The summed E-state index contributed by atoms with van der Waals surface area (Å²) in [7, 11) is 1.42. The van der Waals surface area contributed by atoms with Gasteiger partial charge in [-0.25, -0.2) is 18.4 Å². The zero-order chi connectivity index (χ0) is 14.2. The monoisotopic (exact) mass is 327 g/mol. The molecule has 0 aliphatic carbocycles. The Morgan fingerprint density at radius 3 is 2.79 bits per heavy atom. The maximum absolute atomic E-state index is 13.7. The number of aromatic nitrogens is 2. The molecule has 19 heavy (non-hydrogen) atoms. The molecule has 1 aromatic rings. The lowest BCUT2D eigenvalue weighted by Crippen LogP contribution is -2.27. The van der Waals surface area contributed by atoms with Crippen LogP contribution in [0.2, 0.25) is 5.15 Å². The molecule has 1 aliphatic rings. The Morgan fingerprint density at radius 1 is 1.47 bits per heavy atom. The van der Waals surface area contributed by atoms with Gasteiger partial charge in [-0.3, -0.25) is 9.69 Å². The van der Waals surface area contributed by atoms with Gasteiger partial charge in [-0.05, 0) is 0 Å². The van der Waals surface area contributed by atoms with Crippen LogP contribution in [0.3, 0.4) is 0 Å². The van der Waals surface area contributed by atoms with E-state index in [0.29, 0.717) is 0 Å². The molecule has 1 amide bonds. The summed E-state index contributed by atoms with van der Waals surface area (Å²) >= 11 is 5.50. The van der Waals surface area contributed by atoms with Crippen LogP contribution in [0.4, 0.5) is 10.2 Å². The number of nitrogens with zero attached hydrogens (tertiary/aromatic N) is 3. The van der Waals surface area contributed by atoms with Gasteiger partial charge in [-0.2, -0.15) is 4.39 Å². The van der Waals surface area contributed by atoms with Gasteiger partial charge in [0.2, 0.25) is 20.8 Å². The lowest BCUT2D eigenvalue weighted by molar-refractivity contribution is -0.117. The summed E-state index contributed by atoms with van der Waals surface area (Å²) in [6.07, 6.45) is 0.993. The van der Waals surface area contributed by atoms with Crippen molar-refractivity contribution in [1.29, 1.82) is 0 Å². The largest absolute Gasteiger partial charge is 0.294 e. The molecular formula is C9H8Cl2FN3O3S. The summed E-state index contributed by atoms with van der Waals surface area (Å²) in [6, 6.07) is 0. The number of anilines is 1. The van der Waals surface area contributed by atoms with Crippen LogP contribution in [0.25, 0.3) is 0 Å². The lowest BCUT2D eigenvalue weighted by Gasteiger charge is -2.15. The van der Waals surface area contributed by atoms with E-state index in [1.54, 1.807) is 0 Å². The van der Waals surface area contributed by atoms with Gasteiger partial charge in [-0.15, -0.1) is 0 Å². The maximum Gasteiger partial charge on any atom is 0.232 e. The summed E-state index contributed by atoms with van der Waals surface area (Å²) in [5, 5.41) is -0.397. The van der Waals surface area contributed by atoms with Crippen molar-refractivity contribution in [3.8, 4) is 0 Å². The number of carbonyl (C=O) groups is 1. The minimum absolute atomic E-state index is 0.0229. The minimum atomic E-state index is -3.71. The molecule has 0 saturated carbocycles. The number of halogens is 3. The normalized spacial score (nSPS) is 20.1. The van der Waals surface area contributed by atoms with Crippen LogP contribution in [0.15, 0.2) is 6.33 Å². The van der Waals surface area contributed by atoms with Crippen molar-refractivity contribution in [1.82, 2.24) is 9.97 Å². The molecule has 1 aliphatic heterocycles. The Kier molecular flexibility index (Phi) is 3.93. The molecule has 0 spiro atoms. The fraction of sp³-hybridized carbons (Fsp3) is 0.444. The number of amides is 1. The molecule has 1 atom stereocenters. The minimum Gasteiger partial charge on any atom is -0.294 e. The highest BCUT2D eigenvalue weighted by Crippen LogP contribution is 2.28. The van der Waals surface area contributed by atoms with Crippen molar-refractivity contribution in [2.45, 2.75) is 6.42 Å². The first kappa shape index (κ1) is 14.4. The summed E-state index contributed by atoms with van der Waals surface area (Å²) in [4.78, 5) is 19.9. The van der Waals surface area contributed by atoms with Crippen LogP contribution in [0.1, 0.15) is 6.42 Å². The summed E-state index contributed by atoms with van der Waals surface area (Å²) in [5.74, 6) is -2.44. The Bertz CT molecular complexity index is 625. The van der Waals surface area contributed by atoms with Crippen molar-refractivity contribution < 1.29 is 17.6 Å². The first-order valence-electron chi connectivity index (χ1n) is 5.16. The number of hydrogen-bond donors (Lipinski definition) is 0. The van der Waals surface area contributed by atoms with Gasteiger partial charge in [0, 0.05) is 29.6 Å². The average Bonchev–Trinajstić information content (AvgIpc) is 2.61. The lowest BCUT2D eigenvalue weighted by atomic mass is 10.1. The molecule has 1 unspecified atom stereocenters. The van der Waals surface area contributed by atoms with Gasteiger partial charge in [0.15, 0.2) is 11.0 Å². The van der Waals surface area contributed by atoms with Gasteiger partial charge >= 0.3 is 0 Å². The van der Waals surface area contributed by atoms with Gasteiger partial charge < -0.3 is 0 Å². The van der Waals surface area contributed by atoms with Gasteiger partial charge in [-0.1, -0.05) is 11.6 Å². The van der Waals surface area contributed by atoms with Crippen molar-refractivity contribution in [3.05, 3.63) is 17.3 Å². The smallest absolute Gasteiger partial charge is 0.232 e. The number of rotatable bonds is 3. The standard InChI is InChI=1S/C9H8Cl2FN3O3S/c10-8-7(12)9(14-4-13-8)15-2-5(1-6(15)16)3-19(11,17)18/h4-5H,1-3H2. The van der Waals surface area contributed by atoms with Gasteiger partial charge in [0.1, 0.15) is 6.33 Å².